The zero-order valence-electron chi connectivity index (χ0n) is 13.8. The van der Waals surface area contributed by atoms with Crippen LogP contribution in [-0.4, -0.2) is 27.6 Å². The van der Waals surface area contributed by atoms with Crippen molar-refractivity contribution in [3.8, 4) is 0 Å². The number of aryl methyl sites for hydroxylation is 1. The molecule has 2 amide bonds. The van der Waals surface area contributed by atoms with E-state index in [-0.39, 0.29) is 17.9 Å². The minimum Gasteiger partial charge on any atom is -0.349 e. The third-order valence-electron chi connectivity index (χ3n) is 3.55. The first-order valence-corrected chi connectivity index (χ1v) is 8.25. The maximum Gasteiger partial charge on any atom is 0.253 e. The van der Waals surface area contributed by atoms with Gasteiger partial charge in [0.15, 0.2) is 0 Å². The van der Waals surface area contributed by atoms with Crippen molar-refractivity contribution in [1.82, 2.24) is 15.1 Å². The van der Waals surface area contributed by atoms with Crippen LogP contribution in [-0.2, 0) is 11.3 Å². The topological polar surface area (TPSA) is 76.0 Å². The lowest BCUT2D eigenvalue weighted by molar-refractivity contribution is -0.115. The number of carbonyl (C=O) groups excluding carboxylic acids is 2. The number of aromatic nitrogens is 2. The Hall–Kier alpha value is -2.34. The molecule has 1 unspecified atom stereocenters. The molecule has 0 saturated carbocycles. The summed E-state index contributed by atoms with van der Waals surface area (Å²) in [6.07, 6.45) is 4.68. The molecule has 6 nitrogen and oxygen atoms in total. The monoisotopic (exact) mass is 348 g/mol. The molecule has 2 N–H and O–H groups in total. The smallest absolute Gasteiger partial charge is 0.253 e. The van der Waals surface area contributed by atoms with Gasteiger partial charge in [-0.15, -0.1) is 0 Å². The molecule has 0 aliphatic carbocycles. The normalized spacial score (nSPS) is 11.8. The fourth-order valence-electron chi connectivity index (χ4n) is 2.19. The van der Waals surface area contributed by atoms with Crippen molar-refractivity contribution < 1.29 is 9.59 Å². The molecular formula is C17H21ClN4O2. The van der Waals surface area contributed by atoms with Crippen LogP contribution in [0.3, 0.4) is 0 Å². The Bertz CT molecular complexity index is 701. The average molecular weight is 349 g/mol. The van der Waals surface area contributed by atoms with Crippen LogP contribution < -0.4 is 10.6 Å². The van der Waals surface area contributed by atoms with Gasteiger partial charge in [-0.1, -0.05) is 18.5 Å². The SMILES string of the molecule is CCC(=O)Nc1cc(Cl)ccc1C(=O)NC(C)CCn1cccn1. The number of carbonyl (C=O) groups is 2. The Labute approximate surface area is 146 Å². The predicted molar refractivity (Wildman–Crippen MR) is 94.1 cm³/mol. The number of amides is 2. The predicted octanol–water partition coefficient (Wildman–Crippen LogP) is 3.09. The molecule has 0 bridgehead atoms. The van der Waals surface area contributed by atoms with E-state index in [9.17, 15) is 9.59 Å². The fourth-order valence-corrected chi connectivity index (χ4v) is 2.36. The maximum atomic E-state index is 12.5. The van der Waals surface area contributed by atoms with Gasteiger partial charge in [0.2, 0.25) is 5.91 Å². The second-order valence-electron chi connectivity index (χ2n) is 5.52. The molecule has 0 fully saturated rings. The lowest BCUT2D eigenvalue weighted by Crippen LogP contribution is -2.34. The first-order valence-electron chi connectivity index (χ1n) is 7.87. The van der Waals surface area contributed by atoms with Gasteiger partial charge in [0, 0.05) is 36.4 Å². The highest BCUT2D eigenvalue weighted by atomic mass is 35.5. The van der Waals surface area contributed by atoms with Gasteiger partial charge in [0.25, 0.3) is 5.91 Å². The van der Waals surface area contributed by atoms with Crippen molar-refractivity contribution in [2.45, 2.75) is 39.3 Å². The Morgan fingerprint density at radius 2 is 2.17 bits per heavy atom. The summed E-state index contributed by atoms with van der Waals surface area (Å²) < 4.78 is 1.82. The summed E-state index contributed by atoms with van der Waals surface area (Å²) in [5, 5.41) is 10.2. The van der Waals surface area contributed by atoms with Crippen molar-refractivity contribution in [2.75, 3.05) is 5.32 Å². The number of nitrogens with zero attached hydrogens (tertiary/aromatic N) is 2. The Morgan fingerprint density at radius 1 is 1.38 bits per heavy atom. The van der Waals surface area contributed by atoms with Crippen molar-refractivity contribution in [3.05, 3.63) is 47.2 Å². The Kier molecular flexibility index (Phi) is 6.37. The maximum absolute atomic E-state index is 12.5. The van der Waals surface area contributed by atoms with Gasteiger partial charge in [-0.3, -0.25) is 14.3 Å². The van der Waals surface area contributed by atoms with E-state index in [1.165, 1.54) is 0 Å². The van der Waals surface area contributed by atoms with E-state index in [1.807, 2.05) is 23.9 Å². The second-order valence-corrected chi connectivity index (χ2v) is 5.96. The molecule has 1 atom stereocenters. The van der Waals surface area contributed by atoms with E-state index in [0.29, 0.717) is 29.2 Å². The lowest BCUT2D eigenvalue weighted by atomic mass is 10.1. The summed E-state index contributed by atoms with van der Waals surface area (Å²) in [5.74, 6) is -0.413. The molecule has 2 aromatic rings. The van der Waals surface area contributed by atoms with Crippen LogP contribution in [0.5, 0.6) is 0 Å². The number of anilines is 1. The van der Waals surface area contributed by atoms with Crippen LogP contribution in [0.1, 0.15) is 37.0 Å². The lowest BCUT2D eigenvalue weighted by Gasteiger charge is -2.16. The van der Waals surface area contributed by atoms with Crippen molar-refractivity contribution in [1.29, 1.82) is 0 Å². The summed E-state index contributed by atoms with van der Waals surface area (Å²) in [6, 6.07) is 6.65. The van der Waals surface area contributed by atoms with E-state index in [0.717, 1.165) is 6.42 Å². The zero-order valence-corrected chi connectivity index (χ0v) is 14.5. The van der Waals surface area contributed by atoms with E-state index in [4.69, 9.17) is 11.6 Å². The van der Waals surface area contributed by atoms with Gasteiger partial charge in [0.05, 0.1) is 11.3 Å². The molecule has 1 aromatic carbocycles. The van der Waals surface area contributed by atoms with Crippen molar-refractivity contribution in [2.24, 2.45) is 0 Å². The quantitative estimate of drug-likeness (QED) is 0.807. The number of nitrogens with one attached hydrogen (secondary N) is 2. The molecule has 0 aliphatic heterocycles. The summed E-state index contributed by atoms with van der Waals surface area (Å²) in [5.41, 5.74) is 0.818. The molecule has 128 valence electrons. The average Bonchev–Trinajstić information content (AvgIpc) is 3.06. The van der Waals surface area contributed by atoms with Crippen LogP contribution in [0.2, 0.25) is 5.02 Å². The Morgan fingerprint density at radius 3 is 2.83 bits per heavy atom. The first kappa shape index (κ1) is 18.0. The second kappa shape index (κ2) is 8.49. The summed E-state index contributed by atoms with van der Waals surface area (Å²) in [6.45, 7) is 4.40. The van der Waals surface area contributed by atoms with Gasteiger partial charge < -0.3 is 10.6 Å². The third kappa shape index (κ3) is 5.09. The van der Waals surface area contributed by atoms with E-state index in [1.54, 1.807) is 31.3 Å². The van der Waals surface area contributed by atoms with E-state index < -0.39 is 0 Å². The van der Waals surface area contributed by atoms with Crippen molar-refractivity contribution >= 4 is 29.1 Å². The van der Waals surface area contributed by atoms with Gasteiger partial charge in [-0.05, 0) is 37.6 Å². The van der Waals surface area contributed by atoms with Crippen LogP contribution in [0, 0.1) is 0 Å². The zero-order chi connectivity index (χ0) is 17.5. The third-order valence-corrected chi connectivity index (χ3v) is 3.78. The van der Waals surface area contributed by atoms with Crippen LogP contribution in [0.4, 0.5) is 5.69 Å². The van der Waals surface area contributed by atoms with Gasteiger partial charge in [-0.2, -0.15) is 5.10 Å². The molecule has 24 heavy (non-hydrogen) atoms. The summed E-state index contributed by atoms with van der Waals surface area (Å²) in [7, 11) is 0. The minimum absolute atomic E-state index is 0.0351. The highest BCUT2D eigenvalue weighted by Crippen LogP contribution is 2.21. The van der Waals surface area contributed by atoms with Gasteiger partial charge >= 0.3 is 0 Å². The molecule has 0 saturated heterocycles. The number of hydrogen-bond acceptors (Lipinski definition) is 3. The van der Waals surface area contributed by atoms with E-state index >= 15 is 0 Å². The van der Waals surface area contributed by atoms with E-state index in [2.05, 4.69) is 15.7 Å². The van der Waals surface area contributed by atoms with Crippen LogP contribution in [0.25, 0.3) is 0 Å². The highest BCUT2D eigenvalue weighted by molar-refractivity contribution is 6.31. The van der Waals surface area contributed by atoms with Crippen molar-refractivity contribution in [3.63, 3.8) is 0 Å². The first-order chi connectivity index (χ1) is 11.5. The molecule has 1 aromatic heterocycles. The number of hydrogen-bond donors (Lipinski definition) is 2. The number of halogens is 1. The van der Waals surface area contributed by atoms with Gasteiger partial charge in [0.1, 0.15) is 0 Å². The Balaban J connectivity index is 2.01. The summed E-state index contributed by atoms with van der Waals surface area (Å²) in [4.78, 5) is 24.1. The molecular weight excluding hydrogens is 328 g/mol. The molecule has 2 rings (SSSR count). The molecule has 0 spiro atoms. The number of benzene rings is 1. The standard InChI is InChI=1S/C17H21ClN4O2/c1-3-16(23)21-15-11-13(18)5-6-14(15)17(24)20-12(2)7-10-22-9-4-8-19-22/h4-6,8-9,11-12H,3,7,10H2,1-2H3,(H,20,24)(H,21,23). The van der Waals surface area contributed by atoms with Crippen LogP contribution >= 0.6 is 11.6 Å². The summed E-state index contributed by atoms with van der Waals surface area (Å²) >= 11 is 5.97. The molecule has 7 heteroatoms. The molecule has 1 heterocycles. The van der Waals surface area contributed by atoms with Gasteiger partial charge in [-0.25, -0.2) is 0 Å². The fraction of sp³-hybridized carbons (Fsp3) is 0.353. The largest absolute Gasteiger partial charge is 0.349 e. The molecule has 0 radical (unpaired) electrons. The van der Waals surface area contributed by atoms with Crippen LogP contribution in [0.15, 0.2) is 36.7 Å². The number of rotatable bonds is 7. The minimum atomic E-state index is -0.244. The highest BCUT2D eigenvalue weighted by Gasteiger charge is 2.15. The molecule has 0 aliphatic rings.